The average molecular weight is 539 g/mol. The minimum atomic E-state index is -4.58. The van der Waals surface area contributed by atoms with Gasteiger partial charge in [0, 0.05) is 31.1 Å². The highest BCUT2D eigenvalue weighted by molar-refractivity contribution is 7.18. The van der Waals surface area contributed by atoms with E-state index in [1.165, 1.54) is 0 Å². The van der Waals surface area contributed by atoms with Gasteiger partial charge in [-0.1, -0.05) is 13.3 Å². The molecular weight excluding hydrogens is 513 g/mol. The van der Waals surface area contributed by atoms with Crippen molar-refractivity contribution in [2.75, 3.05) is 29.4 Å². The molecule has 0 bridgehead atoms. The summed E-state index contributed by atoms with van der Waals surface area (Å²) in [4.78, 5) is 38.6. The number of piperidine rings is 1. The van der Waals surface area contributed by atoms with Crippen LogP contribution in [0.4, 0.5) is 29.7 Å². The Kier molecular flexibility index (Phi) is 6.64. The average Bonchev–Trinajstić information content (AvgIpc) is 3.46. The third kappa shape index (κ3) is 5.04. The number of fused-ring (bicyclic) bond motifs is 2. The number of amides is 1. The molecule has 1 saturated heterocycles. The molecule has 3 aromatic heterocycles. The number of halogens is 3. The zero-order chi connectivity index (χ0) is 26.3. The summed E-state index contributed by atoms with van der Waals surface area (Å²) in [5.74, 6) is -1.02. The Labute approximate surface area is 213 Å². The van der Waals surface area contributed by atoms with Crippen molar-refractivity contribution in [2.24, 2.45) is 11.7 Å². The maximum absolute atomic E-state index is 13.3. The van der Waals surface area contributed by atoms with Gasteiger partial charge in [-0.25, -0.2) is 9.78 Å². The molecule has 0 spiro atoms. The molecule has 2 aliphatic rings. The van der Waals surface area contributed by atoms with Crippen LogP contribution >= 0.6 is 11.3 Å². The van der Waals surface area contributed by atoms with Crippen LogP contribution in [0.1, 0.15) is 42.7 Å². The topological polar surface area (TPSA) is 132 Å². The minimum absolute atomic E-state index is 0.0642. The van der Waals surface area contributed by atoms with Gasteiger partial charge in [0.05, 0.1) is 17.8 Å². The number of carbonyl (C=O) groups is 2. The fourth-order valence-electron chi connectivity index (χ4n) is 4.78. The van der Waals surface area contributed by atoms with Crippen LogP contribution in [-0.4, -0.2) is 56.4 Å². The van der Waals surface area contributed by atoms with Gasteiger partial charge in [-0.2, -0.15) is 18.2 Å². The van der Waals surface area contributed by atoms with E-state index in [0.717, 1.165) is 32.5 Å². The molecule has 15 heteroatoms. The largest absolute Gasteiger partial charge is 0.451 e. The lowest BCUT2D eigenvalue weighted by Gasteiger charge is -2.33. The van der Waals surface area contributed by atoms with Crippen LogP contribution in [0.2, 0.25) is 0 Å². The molecule has 0 aromatic carbocycles. The molecule has 1 fully saturated rings. The minimum Gasteiger partial charge on any atom is -0.376 e. The number of alkyl halides is 3. The molecule has 1 amide bonds. The predicted molar refractivity (Wildman–Crippen MR) is 128 cm³/mol. The SMILES string of the molecule is CCCc1cc2c(N3CCn4c(nnc4C(F)(F)F)C3)nc(N3CCCC(C(=O)OC(N)=O)C3)nc2s1. The quantitative estimate of drug-likeness (QED) is 0.384. The van der Waals surface area contributed by atoms with Crippen LogP contribution in [-0.2, 0) is 35.2 Å². The first-order chi connectivity index (χ1) is 17.6. The first-order valence-electron chi connectivity index (χ1n) is 11.9. The van der Waals surface area contributed by atoms with Crippen molar-refractivity contribution >= 4 is 45.4 Å². The Morgan fingerprint density at radius 1 is 1.19 bits per heavy atom. The van der Waals surface area contributed by atoms with E-state index in [0.29, 0.717) is 31.2 Å². The highest BCUT2D eigenvalue weighted by Crippen LogP contribution is 2.36. The van der Waals surface area contributed by atoms with E-state index in [1.54, 1.807) is 11.3 Å². The number of rotatable bonds is 5. The van der Waals surface area contributed by atoms with Crippen LogP contribution < -0.4 is 15.5 Å². The van der Waals surface area contributed by atoms with Crippen molar-refractivity contribution in [1.82, 2.24) is 24.7 Å². The Hall–Kier alpha value is -3.49. The lowest BCUT2D eigenvalue weighted by molar-refractivity contribution is -0.147. The molecule has 2 N–H and O–H groups in total. The maximum atomic E-state index is 13.3. The smallest absolute Gasteiger partial charge is 0.376 e. The van der Waals surface area contributed by atoms with Gasteiger partial charge in [0.1, 0.15) is 10.6 Å². The first-order valence-corrected chi connectivity index (χ1v) is 12.8. The number of thiophene rings is 1. The van der Waals surface area contributed by atoms with Crippen molar-refractivity contribution in [3.05, 3.63) is 22.6 Å². The van der Waals surface area contributed by atoms with Crippen LogP contribution in [0.15, 0.2) is 6.07 Å². The van der Waals surface area contributed by atoms with Gasteiger partial charge in [0.2, 0.25) is 11.8 Å². The summed E-state index contributed by atoms with van der Waals surface area (Å²) < 4.78 is 45.6. The van der Waals surface area contributed by atoms with Gasteiger partial charge >= 0.3 is 18.2 Å². The van der Waals surface area contributed by atoms with Crippen molar-refractivity contribution < 1.29 is 27.5 Å². The fourth-order valence-corrected chi connectivity index (χ4v) is 5.90. The zero-order valence-corrected chi connectivity index (χ0v) is 20.8. The highest BCUT2D eigenvalue weighted by Gasteiger charge is 2.40. The summed E-state index contributed by atoms with van der Waals surface area (Å²) in [5, 5.41) is 7.98. The third-order valence-electron chi connectivity index (χ3n) is 6.45. The molecule has 1 atom stereocenters. The number of ether oxygens (including phenoxy) is 1. The molecule has 37 heavy (non-hydrogen) atoms. The summed E-state index contributed by atoms with van der Waals surface area (Å²) in [6, 6.07) is 2.03. The van der Waals surface area contributed by atoms with Crippen molar-refractivity contribution in [3.63, 3.8) is 0 Å². The Bertz CT molecular complexity index is 1340. The van der Waals surface area contributed by atoms with Gasteiger partial charge in [0.15, 0.2) is 5.82 Å². The van der Waals surface area contributed by atoms with E-state index in [4.69, 9.17) is 15.7 Å². The van der Waals surface area contributed by atoms with E-state index in [2.05, 4.69) is 21.9 Å². The number of hydrogen-bond donors (Lipinski definition) is 1. The summed E-state index contributed by atoms with van der Waals surface area (Å²) in [6.45, 7) is 3.40. The number of carbonyl (C=O) groups excluding carboxylic acids is 2. The molecule has 198 valence electrons. The second kappa shape index (κ2) is 9.76. The number of primary amides is 1. The normalized spacial score (nSPS) is 18.2. The zero-order valence-electron chi connectivity index (χ0n) is 20.0. The number of nitrogens with zero attached hydrogens (tertiary/aromatic N) is 7. The summed E-state index contributed by atoms with van der Waals surface area (Å²) in [5.41, 5.74) is 5.00. The Morgan fingerprint density at radius 2 is 2.00 bits per heavy atom. The molecule has 1 unspecified atom stereocenters. The van der Waals surface area contributed by atoms with Crippen LogP contribution in [0, 0.1) is 5.92 Å². The van der Waals surface area contributed by atoms with E-state index in [1.807, 2.05) is 15.9 Å². The number of anilines is 2. The first kappa shape index (κ1) is 25.2. The standard InChI is InChI=1S/C22H25F3N8O3S/c1-2-4-13-9-14-16(31-7-8-33-15(11-31)29-30-19(33)22(23,24)25)27-21(28-17(14)37-13)32-6-3-5-12(10-32)18(34)36-20(26)35/h9,12H,2-8,10-11H2,1H3,(H2,26,35). The highest BCUT2D eigenvalue weighted by atomic mass is 32.1. The Morgan fingerprint density at radius 3 is 2.73 bits per heavy atom. The second-order valence-electron chi connectivity index (χ2n) is 9.06. The second-order valence-corrected chi connectivity index (χ2v) is 10.2. The fraction of sp³-hybridized carbons (Fsp3) is 0.545. The van der Waals surface area contributed by atoms with Gasteiger partial charge in [-0.3, -0.25) is 4.79 Å². The molecule has 5 rings (SSSR count). The van der Waals surface area contributed by atoms with Crippen LogP contribution in [0.5, 0.6) is 0 Å². The molecule has 0 radical (unpaired) electrons. The summed E-state index contributed by atoms with van der Waals surface area (Å²) in [7, 11) is 0. The molecule has 5 heterocycles. The molecule has 0 saturated carbocycles. The molecule has 3 aromatic rings. The van der Waals surface area contributed by atoms with Crippen molar-refractivity contribution in [3.8, 4) is 0 Å². The number of aryl methyl sites for hydroxylation is 1. The van der Waals surface area contributed by atoms with Crippen LogP contribution in [0.25, 0.3) is 10.2 Å². The monoisotopic (exact) mass is 538 g/mol. The number of nitrogens with two attached hydrogens (primary N) is 1. The summed E-state index contributed by atoms with van der Waals surface area (Å²) >= 11 is 1.55. The molecule has 0 aliphatic carbocycles. The predicted octanol–water partition coefficient (Wildman–Crippen LogP) is 3.11. The summed E-state index contributed by atoms with van der Waals surface area (Å²) in [6.07, 6.45) is -2.70. The lowest BCUT2D eigenvalue weighted by Crippen LogP contribution is -2.41. The van der Waals surface area contributed by atoms with Gasteiger partial charge in [-0.05, 0) is 25.3 Å². The van der Waals surface area contributed by atoms with Gasteiger partial charge in [-0.15, -0.1) is 21.5 Å². The molecule has 11 nitrogen and oxygen atoms in total. The number of esters is 1. The van der Waals surface area contributed by atoms with E-state index < -0.39 is 30.0 Å². The lowest BCUT2D eigenvalue weighted by atomic mass is 9.98. The van der Waals surface area contributed by atoms with E-state index >= 15 is 0 Å². The Balaban J connectivity index is 1.49. The number of hydrogen-bond acceptors (Lipinski definition) is 10. The maximum Gasteiger partial charge on any atom is 0.451 e. The molecular formula is C22H25F3N8O3S. The van der Waals surface area contributed by atoms with Crippen molar-refractivity contribution in [2.45, 2.75) is 51.9 Å². The van der Waals surface area contributed by atoms with Gasteiger partial charge in [0.25, 0.3) is 0 Å². The van der Waals surface area contributed by atoms with E-state index in [9.17, 15) is 22.8 Å². The van der Waals surface area contributed by atoms with Crippen LogP contribution in [0.3, 0.4) is 0 Å². The number of aromatic nitrogens is 5. The van der Waals surface area contributed by atoms with E-state index in [-0.39, 0.29) is 32.0 Å². The van der Waals surface area contributed by atoms with Gasteiger partial charge < -0.3 is 24.8 Å². The third-order valence-corrected chi connectivity index (χ3v) is 7.54. The van der Waals surface area contributed by atoms with Crippen molar-refractivity contribution in [1.29, 1.82) is 0 Å². The molecule has 2 aliphatic heterocycles.